The lowest BCUT2D eigenvalue weighted by Gasteiger charge is -2.22. The van der Waals surface area contributed by atoms with Crippen molar-refractivity contribution in [3.05, 3.63) is 45.9 Å². The van der Waals surface area contributed by atoms with Crippen LogP contribution >= 0.6 is 22.6 Å². The largest absolute Gasteiger partial charge is 0.443 e. The van der Waals surface area contributed by atoms with Crippen LogP contribution in [0.25, 0.3) is 11.1 Å². The van der Waals surface area contributed by atoms with E-state index < -0.39 is 39.1 Å². The number of aliphatic hydroxyl groups is 2. The van der Waals surface area contributed by atoms with Crippen LogP contribution in [-0.4, -0.2) is 41.1 Å². The van der Waals surface area contributed by atoms with E-state index >= 15 is 4.39 Å². The fourth-order valence-corrected chi connectivity index (χ4v) is 5.53. The van der Waals surface area contributed by atoms with Crippen LogP contribution in [0.3, 0.4) is 0 Å². The van der Waals surface area contributed by atoms with Crippen molar-refractivity contribution >= 4 is 60.8 Å². The lowest BCUT2D eigenvalue weighted by molar-refractivity contribution is 0.0858. The number of hydrogen-bond acceptors (Lipinski definition) is 7. The Hall–Kier alpha value is -2.03. The average Bonchev–Trinajstić information content (AvgIpc) is 3.35. The van der Waals surface area contributed by atoms with E-state index in [9.17, 15) is 17.9 Å². The van der Waals surface area contributed by atoms with Crippen molar-refractivity contribution < 1.29 is 31.8 Å². The van der Waals surface area contributed by atoms with Gasteiger partial charge in [-0.15, -0.1) is 0 Å². The average molecular weight is 565 g/mol. The highest BCUT2D eigenvalue weighted by molar-refractivity contribution is 14.1. The first-order chi connectivity index (χ1) is 14.7. The van der Waals surface area contributed by atoms with Gasteiger partial charge in [-0.2, -0.15) is 0 Å². The SMILES string of the molecule is O=S(=O)(Nc1cc2ocnc2c(F)c1Nc1ccc(I)cc1F)C1(C[C@@H](O)CO)CC1. The molecule has 1 atom stereocenters. The highest BCUT2D eigenvalue weighted by Gasteiger charge is 2.55. The van der Waals surface area contributed by atoms with Crippen LogP contribution in [-0.2, 0) is 10.0 Å². The monoisotopic (exact) mass is 565 g/mol. The molecule has 4 N–H and O–H groups in total. The predicted molar refractivity (Wildman–Crippen MR) is 119 cm³/mol. The van der Waals surface area contributed by atoms with Gasteiger partial charge in [0, 0.05) is 9.64 Å². The molecule has 8 nitrogen and oxygen atoms in total. The number of benzene rings is 2. The van der Waals surface area contributed by atoms with Gasteiger partial charge in [-0.3, -0.25) is 4.72 Å². The van der Waals surface area contributed by atoms with E-state index in [0.29, 0.717) is 3.57 Å². The molecule has 0 bridgehead atoms. The van der Waals surface area contributed by atoms with Crippen molar-refractivity contribution in [1.82, 2.24) is 4.98 Å². The molecule has 1 aliphatic carbocycles. The molecule has 0 saturated heterocycles. The Morgan fingerprint density at radius 3 is 2.65 bits per heavy atom. The minimum atomic E-state index is -4.09. The molecule has 1 aliphatic rings. The summed E-state index contributed by atoms with van der Waals surface area (Å²) < 4.78 is 62.5. The molecule has 4 rings (SSSR count). The van der Waals surface area contributed by atoms with Crippen LogP contribution in [0.5, 0.6) is 0 Å². The van der Waals surface area contributed by atoms with Gasteiger partial charge in [0.05, 0.1) is 28.8 Å². The summed E-state index contributed by atoms with van der Waals surface area (Å²) in [6.07, 6.45) is 0.204. The van der Waals surface area contributed by atoms with E-state index in [1.165, 1.54) is 18.2 Å². The van der Waals surface area contributed by atoms with Crippen molar-refractivity contribution in [3.8, 4) is 0 Å². The van der Waals surface area contributed by atoms with Gasteiger partial charge < -0.3 is 19.9 Å². The minimum Gasteiger partial charge on any atom is -0.443 e. The molecule has 0 aliphatic heterocycles. The first-order valence-corrected chi connectivity index (χ1v) is 11.8. The summed E-state index contributed by atoms with van der Waals surface area (Å²) in [5.41, 5.74) is -0.704. The Morgan fingerprint density at radius 1 is 1.26 bits per heavy atom. The number of rotatable bonds is 8. The van der Waals surface area contributed by atoms with Gasteiger partial charge in [-0.1, -0.05) is 0 Å². The van der Waals surface area contributed by atoms with Crippen molar-refractivity contribution in [2.45, 2.75) is 30.1 Å². The standard InChI is InChI=1S/C19H18F2IN3O5S/c20-12-5-10(22)1-2-13(12)24-17-14(6-15-18(16(17)21)23-9-30-15)25-31(28,29)19(3-4-19)7-11(27)8-26/h1-2,5-6,9,11,24-27H,3-4,7-8H2/t11-/m1/s1. The molecule has 31 heavy (non-hydrogen) atoms. The van der Waals surface area contributed by atoms with Gasteiger partial charge >= 0.3 is 0 Å². The third kappa shape index (κ3) is 4.21. The molecule has 1 heterocycles. The predicted octanol–water partition coefficient (Wildman–Crippen LogP) is 3.47. The van der Waals surface area contributed by atoms with Crippen molar-refractivity contribution in [2.24, 2.45) is 0 Å². The van der Waals surface area contributed by atoms with Crippen LogP contribution in [0.1, 0.15) is 19.3 Å². The molecule has 166 valence electrons. The Bertz CT molecular complexity index is 1250. The molecule has 3 aromatic rings. The number of anilines is 3. The molecule has 1 aromatic heterocycles. The Labute approximate surface area is 189 Å². The summed E-state index contributed by atoms with van der Waals surface area (Å²) in [5, 5.41) is 21.4. The molecule has 1 fully saturated rings. The molecular formula is C19H18F2IN3O5S. The van der Waals surface area contributed by atoms with E-state index in [1.807, 2.05) is 22.6 Å². The van der Waals surface area contributed by atoms with Crippen LogP contribution in [0.2, 0.25) is 0 Å². The number of halogens is 3. The third-order valence-electron chi connectivity index (χ3n) is 5.20. The fourth-order valence-electron chi connectivity index (χ4n) is 3.36. The highest BCUT2D eigenvalue weighted by atomic mass is 127. The quantitative estimate of drug-likeness (QED) is 0.309. The van der Waals surface area contributed by atoms with Gasteiger partial charge in [0.1, 0.15) is 17.0 Å². The van der Waals surface area contributed by atoms with E-state index in [4.69, 9.17) is 9.52 Å². The number of oxazole rings is 1. The smallest absolute Gasteiger partial charge is 0.238 e. The number of nitrogens with zero attached hydrogens (tertiary/aromatic N) is 1. The van der Waals surface area contributed by atoms with Gasteiger partial charge in [-0.25, -0.2) is 22.2 Å². The number of aromatic nitrogens is 1. The van der Waals surface area contributed by atoms with Crippen LogP contribution in [0.15, 0.2) is 35.1 Å². The molecule has 0 radical (unpaired) electrons. The summed E-state index contributed by atoms with van der Waals surface area (Å²) in [4.78, 5) is 3.79. The van der Waals surface area contributed by atoms with Gasteiger partial charge in [0.25, 0.3) is 0 Å². The van der Waals surface area contributed by atoms with Crippen molar-refractivity contribution in [2.75, 3.05) is 16.6 Å². The summed E-state index contributed by atoms with van der Waals surface area (Å²) in [6.45, 7) is -0.575. The summed E-state index contributed by atoms with van der Waals surface area (Å²) in [6, 6.07) is 5.52. The van der Waals surface area contributed by atoms with Crippen molar-refractivity contribution in [1.29, 1.82) is 0 Å². The lowest BCUT2D eigenvalue weighted by Crippen LogP contribution is -2.34. The molecule has 2 aromatic carbocycles. The Morgan fingerprint density at radius 2 is 2.00 bits per heavy atom. The maximum Gasteiger partial charge on any atom is 0.238 e. The maximum absolute atomic E-state index is 15.2. The number of aliphatic hydroxyl groups excluding tert-OH is 2. The minimum absolute atomic E-state index is 0.00377. The van der Waals surface area contributed by atoms with Crippen LogP contribution in [0, 0.1) is 15.2 Å². The number of fused-ring (bicyclic) bond motifs is 1. The van der Waals surface area contributed by atoms with Crippen LogP contribution < -0.4 is 10.0 Å². The van der Waals surface area contributed by atoms with E-state index in [2.05, 4.69) is 15.0 Å². The number of sulfonamides is 1. The second kappa shape index (κ2) is 8.15. The number of nitrogens with one attached hydrogen (secondary N) is 2. The van der Waals surface area contributed by atoms with Crippen molar-refractivity contribution in [3.63, 3.8) is 0 Å². The molecule has 0 unspecified atom stereocenters. The zero-order valence-electron chi connectivity index (χ0n) is 15.9. The second-order valence-electron chi connectivity index (χ2n) is 7.39. The number of hydrogen-bond donors (Lipinski definition) is 4. The van der Waals surface area contributed by atoms with Gasteiger partial charge in [0.2, 0.25) is 10.0 Å². The highest BCUT2D eigenvalue weighted by Crippen LogP contribution is 2.48. The maximum atomic E-state index is 15.2. The Kier molecular flexibility index (Phi) is 5.83. The van der Waals surface area contributed by atoms with Gasteiger partial charge in [0.15, 0.2) is 17.8 Å². The van der Waals surface area contributed by atoms with Crippen LogP contribution in [0.4, 0.5) is 25.8 Å². The first kappa shape index (κ1) is 22.2. The lowest BCUT2D eigenvalue weighted by atomic mass is 10.2. The third-order valence-corrected chi connectivity index (χ3v) is 8.07. The summed E-state index contributed by atoms with van der Waals surface area (Å²) >= 11 is 1.93. The summed E-state index contributed by atoms with van der Waals surface area (Å²) in [5.74, 6) is -1.56. The molecule has 0 spiro atoms. The topological polar surface area (TPSA) is 125 Å². The molecular weight excluding hydrogens is 547 g/mol. The van der Waals surface area contributed by atoms with E-state index in [1.54, 1.807) is 6.07 Å². The molecule has 12 heteroatoms. The zero-order chi connectivity index (χ0) is 22.4. The normalized spacial score (nSPS) is 16.3. The molecule has 1 saturated carbocycles. The zero-order valence-corrected chi connectivity index (χ0v) is 18.9. The van der Waals surface area contributed by atoms with E-state index in [-0.39, 0.29) is 47.4 Å². The fraction of sp³-hybridized carbons (Fsp3) is 0.316. The summed E-state index contributed by atoms with van der Waals surface area (Å²) in [7, 11) is -4.09. The molecule has 0 amide bonds. The van der Waals surface area contributed by atoms with E-state index in [0.717, 1.165) is 6.39 Å². The van der Waals surface area contributed by atoms with Gasteiger partial charge in [-0.05, 0) is 60.1 Å². The first-order valence-electron chi connectivity index (χ1n) is 9.25. The second-order valence-corrected chi connectivity index (χ2v) is 10.7. The Balaban J connectivity index is 1.76.